The summed E-state index contributed by atoms with van der Waals surface area (Å²) in [5.74, 6) is -0.0183. The second-order valence-corrected chi connectivity index (χ2v) is 4.39. The van der Waals surface area contributed by atoms with Gasteiger partial charge in [0.05, 0.1) is 12.8 Å². The minimum Gasteiger partial charge on any atom is -0.492 e. The molecular weight excluding hydrogens is 269 g/mol. The highest BCUT2D eigenvalue weighted by Gasteiger charge is 2.16. The summed E-state index contributed by atoms with van der Waals surface area (Å²) in [4.78, 5) is 3.96. The van der Waals surface area contributed by atoms with Gasteiger partial charge in [0.25, 0.3) is 0 Å². The summed E-state index contributed by atoms with van der Waals surface area (Å²) < 4.78 is 19.0. The van der Waals surface area contributed by atoms with E-state index >= 15 is 0 Å². The van der Waals surface area contributed by atoms with E-state index in [0.717, 1.165) is 0 Å². The lowest BCUT2D eigenvalue weighted by Gasteiger charge is -2.13. The summed E-state index contributed by atoms with van der Waals surface area (Å²) in [7, 11) is 0. The molecule has 1 heterocycles. The molecular formula is C14H13ClFNO2. The Morgan fingerprint density at radius 1 is 1.37 bits per heavy atom. The number of nitrogens with zero attached hydrogens (tertiary/aromatic N) is 1. The highest BCUT2D eigenvalue weighted by Crippen LogP contribution is 2.27. The fraction of sp³-hybridized carbons (Fsp3) is 0.214. The fourth-order valence-electron chi connectivity index (χ4n) is 1.73. The number of aliphatic hydroxyl groups is 1. The van der Waals surface area contributed by atoms with Crippen molar-refractivity contribution in [1.29, 1.82) is 0 Å². The molecule has 3 nitrogen and oxygen atoms in total. The number of aliphatic hydroxyl groups excluding tert-OH is 1. The van der Waals surface area contributed by atoms with Gasteiger partial charge in [0.15, 0.2) is 0 Å². The molecule has 2 rings (SSSR count). The average molecular weight is 282 g/mol. The van der Waals surface area contributed by atoms with E-state index in [2.05, 4.69) is 4.98 Å². The highest BCUT2D eigenvalue weighted by atomic mass is 35.5. The first-order valence-corrected chi connectivity index (χ1v) is 6.20. The molecule has 1 aromatic carbocycles. The SMILES string of the molecule is CCOc1cncc(C(O)c2ccc(Cl)cc2F)c1. The molecule has 0 saturated heterocycles. The molecule has 0 aliphatic heterocycles. The molecule has 1 unspecified atom stereocenters. The topological polar surface area (TPSA) is 42.4 Å². The van der Waals surface area contributed by atoms with Gasteiger partial charge >= 0.3 is 0 Å². The molecule has 1 atom stereocenters. The first-order valence-electron chi connectivity index (χ1n) is 5.82. The quantitative estimate of drug-likeness (QED) is 0.934. The number of aromatic nitrogens is 1. The second kappa shape index (κ2) is 5.99. The lowest BCUT2D eigenvalue weighted by Crippen LogP contribution is -2.04. The van der Waals surface area contributed by atoms with Crippen molar-refractivity contribution in [3.05, 3.63) is 58.6 Å². The smallest absolute Gasteiger partial charge is 0.137 e. The third-order valence-corrected chi connectivity index (χ3v) is 2.85. The third kappa shape index (κ3) is 3.22. The van der Waals surface area contributed by atoms with Gasteiger partial charge in [0.2, 0.25) is 0 Å². The van der Waals surface area contributed by atoms with E-state index in [1.165, 1.54) is 30.6 Å². The Labute approximate surface area is 115 Å². The Kier molecular flexibility index (Phi) is 4.35. The Bertz CT molecular complexity index is 577. The maximum atomic E-state index is 13.7. The van der Waals surface area contributed by atoms with Crippen LogP contribution in [0.25, 0.3) is 0 Å². The number of hydrogen-bond acceptors (Lipinski definition) is 3. The molecule has 0 aliphatic carbocycles. The maximum absolute atomic E-state index is 13.7. The summed E-state index contributed by atoms with van der Waals surface area (Å²) in [5, 5.41) is 10.5. The Morgan fingerprint density at radius 3 is 2.84 bits per heavy atom. The van der Waals surface area contributed by atoms with E-state index in [4.69, 9.17) is 16.3 Å². The van der Waals surface area contributed by atoms with Crippen molar-refractivity contribution in [1.82, 2.24) is 4.98 Å². The Balaban J connectivity index is 2.32. The van der Waals surface area contributed by atoms with Gasteiger partial charge in [-0.2, -0.15) is 0 Å². The van der Waals surface area contributed by atoms with Crippen LogP contribution in [0.2, 0.25) is 5.02 Å². The first kappa shape index (κ1) is 13.8. The number of ether oxygens (including phenoxy) is 1. The minimum absolute atomic E-state index is 0.153. The summed E-state index contributed by atoms with van der Waals surface area (Å²) in [6.07, 6.45) is 1.91. The average Bonchev–Trinajstić information content (AvgIpc) is 2.39. The molecule has 0 bridgehead atoms. The molecule has 5 heteroatoms. The van der Waals surface area contributed by atoms with E-state index in [9.17, 15) is 9.50 Å². The van der Waals surface area contributed by atoms with Crippen LogP contribution in [0, 0.1) is 5.82 Å². The number of hydrogen-bond donors (Lipinski definition) is 1. The van der Waals surface area contributed by atoms with Crippen molar-refractivity contribution in [2.45, 2.75) is 13.0 Å². The molecule has 0 spiro atoms. The zero-order valence-electron chi connectivity index (χ0n) is 10.3. The van der Waals surface area contributed by atoms with Gasteiger partial charge in [-0.25, -0.2) is 4.39 Å². The molecule has 0 saturated carbocycles. The molecule has 0 radical (unpaired) electrons. The van der Waals surface area contributed by atoms with Gasteiger partial charge in [-0.1, -0.05) is 17.7 Å². The molecule has 2 aromatic rings. The zero-order valence-corrected chi connectivity index (χ0v) is 11.1. The molecule has 1 N–H and O–H groups in total. The lowest BCUT2D eigenvalue weighted by atomic mass is 10.0. The van der Waals surface area contributed by atoms with Crippen molar-refractivity contribution >= 4 is 11.6 Å². The number of halogens is 2. The standard InChI is InChI=1S/C14H13ClFNO2/c1-2-19-11-5-9(7-17-8-11)14(18)12-4-3-10(15)6-13(12)16/h3-8,14,18H,2H2,1H3. The van der Waals surface area contributed by atoms with E-state index in [-0.39, 0.29) is 10.6 Å². The number of rotatable bonds is 4. The van der Waals surface area contributed by atoms with Crippen LogP contribution in [0.4, 0.5) is 4.39 Å². The Hall–Kier alpha value is -1.65. The van der Waals surface area contributed by atoms with Crippen LogP contribution in [-0.2, 0) is 0 Å². The van der Waals surface area contributed by atoms with E-state index in [1.54, 1.807) is 6.07 Å². The minimum atomic E-state index is -1.11. The molecule has 0 fully saturated rings. The maximum Gasteiger partial charge on any atom is 0.137 e. The van der Waals surface area contributed by atoms with Gasteiger partial charge in [-0.15, -0.1) is 0 Å². The first-order chi connectivity index (χ1) is 9.11. The predicted molar refractivity (Wildman–Crippen MR) is 70.9 cm³/mol. The largest absolute Gasteiger partial charge is 0.492 e. The number of pyridine rings is 1. The molecule has 1 aromatic heterocycles. The van der Waals surface area contributed by atoms with Gasteiger partial charge < -0.3 is 9.84 Å². The van der Waals surface area contributed by atoms with Gasteiger partial charge in [-0.05, 0) is 25.1 Å². The zero-order chi connectivity index (χ0) is 13.8. The summed E-state index contributed by atoms with van der Waals surface area (Å²) in [5.41, 5.74) is 0.618. The lowest BCUT2D eigenvalue weighted by molar-refractivity contribution is 0.213. The van der Waals surface area contributed by atoms with Crippen LogP contribution in [0.1, 0.15) is 24.2 Å². The normalized spacial score (nSPS) is 12.2. The molecule has 0 aliphatic rings. The van der Waals surface area contributed by atoms with Crippen LogP contribution >= 0.6 is 11.6 Å². The highest BCUT2D eigenvalue weighted by molar-refractivity contribution is 6.30. The van der Waals surface area contributed by atoms with Gasteiger partial charge in [-0.3, -0.25) is 4.98 Å². The van der Waals surface area contributed by atoms with Crippen molar-refractivity contribution in [3.8, 4) is 5.75 Å². The van der Waals surface area contributed by atoms with Crippen molar-refractivity contribution in [2.24, 2.45) is 0 Å². The monoisotopic (exact) mass is 281 g/mol. The fourth-order valence-corrected chi connectivity index (χ4v) is 1.89. The third-order valence-electron chi connectivity index (χ3n) is 2.62. The van der Waals surface area contributed by atoms with Crippen LogP contribution in [0.3, 0.4) is 0 Å². The van der Waals surface area contributed by atoms with E-state index in [1.807, 2.05) is 6.92 Å². The van der Waals surface area contributed by atoms with Crippen molar-refractivity contribution < 1.29 is 14.2 Å². The van der Waals surface area contributed by atoms with Crippen LogP contribution in [0.5, 0.6) is 5.75 Å². The van der Waals surface area contributed by atoms with Crippen LogP contribution < -0.4 is 4.74 Å². The van der Waals surface area contributed by atoms with E-state index < -0.39 is 11.9 Å². The van der Waals surface area contributed by atoms with Crippen LogP contribution in [0.15, 0.2) is 36.7 Å². The van der Waals surface area contributed by atoms with Gasteiger partial charge in [0.1, 0.15) is 17.7 Å². The Morgan fingerprint density at radius 2 is 2.16 bits per heavy atom. The second-order valence-electron chi connectivity index (χ2n) is 3.96. The number of benzene rings is 1. The van der Waals surface area contributed by atoms with Crippen LogP contribution in [-0.4, -0.2) is 16.7 Å². The molecule has 100 valence electrons. The summed E-state index contributed by atoms with van der Waals surface area (Å²) in [6.45, 7) is 2.35. The van der Waals surface area contributed by atoms with E-state index in [0.29, 0.717) is 17.9 Å². The molecule has 19 heavy (non-hydrogen) atoms. The predicted octanol–water partition coefficient (Wildman–Crippen LogP) is 3.35. The van der Waals surface area contributed by atoms with Crippen molar-refractivity contribution in [3.63, 3.8) is 0 Å². The van der Waals surface area contributed by atoms with Gasteiger partial charge in [0, 0.05) is 22.3 Å². The molecule has 0 amide bonds. The summed E-state index contributed by atoms with van der Waals surface area (Å²) in [6, 6.07) is 5.79. The summed E-state index contributed by atoms with van der Waals surface area (Å²) >= 11 is 5.68. The van der Waals surface area contributed by atoms with Crippen molar-refractivity contribution in [2.75, 3.05) is 6.61 Å².